The molecule has 0 fully saturated rings. The van der Waals surface area contributed by atoms with E-state index < -0.39 is 24.6 Å². The van der Waals surface area contributed by atoms with Gasteiger partial charge >= 0.3 is 6.18 Å². The summed E-state index contributed by atoms with van der Waals surface area (Å²) >= 11 is 6.03. The van der Waals surface area contributed by atoms with Crippen LogP contribution in [0.4, 0.5) is 13.2 Å². The van der Waals surface area contributed by atoms with Gasteiger partial charge in [-0.1, -0.05) is 11.6 Å². The molecule has 1 amide bonds. The fourth-order valence-corrected chi connectivity index (χ4v) is 2.31. The van der Waals surface area contributed by atoms with E-state index >= 15 is 0 Å². The van der Waals surface area contributed by atoms with Crippen LogP contribution in [0, 0.1) is 0 Å². The molecule has 5 nitrogen and oxygen atoms in total. The molecule has 1 aliphatic rings. The summed E-state index contributed by atoms with van der Waals surface area (Å²) in [7, 11) is 0. The molecule has 2 N–H and O–H groups in total. The summed E-state index contributed by atoms with van der Waals surface area (Å²) in [5.74, 6) is 0.363. The number of carbonyl (C=O) groups excluding carboxylic acids is 1. The van der Waals surface area contributed by atoms with Gasteiger partial charge in [-0.15, -0.1) is 0 Å². The van der Waals surface area contributed by atoms with Crippen molar-refractivity contribution in [3.8, 4) is 11.5 Å². The van der Waals surface area contributed by atoms with Crippen LogP contribution in [0.5, 0.6) is 11.5 Å². The molecular formula is C14H15ClF3NO4. The number of hydrogen-bond acceptors (Lipinski definition) is 4. The van der Waals surface area contributed by atoms with Gasteiger partial charge in [0.2, 0.25) is 5.91 Å². The van der Waals surface area contributed by atoms with E-state index in [1.165, 1.54) is 0 Å². The minimum absolute atomic E-state index is 0.0710. The molecule has 1 atom stereocenters. The smallest absolute Gasteiger partial charge is 0.414 e. The second kappa shape index (κ2) is 7.27. The molecular weight excluding hydrogens is 339 g/mol. The molecule has 1 aromatic carbocycles. The number of fused-ring (bicyclic) bond motifs is 1. The van der Waals surface area contributed by atoms with E-state index in [0.717, 1.165) is 0 Å². The van der Waals surface area contributed by atoms with Gasteiger partial charge in [-0.3, -0.25) is 4.79 Å². The van der Waals surface area contributed by atoms with Gasteiger partial charge in [-0.05, 0) is 24.1 Å². The average molecular weight is 354 g/mol. The van der Waals surface area contributed by atoms with Crippen LogP contribution in [0.2, 0.25) is 5.02 Å². The molecule has 0 bridgehead atoms. The van der Waals surface area contributed by atoms with Crippen LogP contribution in [-0.4, -0.2) is 43.1 Å². The number of ether oxygens (including phenoxy) is 2. The molecule has 128 valence electrons. The van der Waals surface area contributed by atoms with Crippen molar-refractivity contribution >= 4 is 17.5 Å². The number of benzene rings is 1. The molecule has 23 heavy (non-hydrogen) atoms. The molecule has 1 aliphatic heterocycles. The average Bonchev–Trinajstić information content (AvgIpc) is 2.46. The summed E-state index contributed by atoms with van der Waals surface area (Å²) < 4.78 is 47.1. The van der Waals surface area contributed by atoms with Gasteiger partial charge in [-0.25, -0.2) is 0 Å². The predicted molar refractivity (Wildman–Crippen MR) is 75.8 cm³/mol. The molecule has 0 unspecified atom stereocenters. The Bertz CT molecular complexity index is 580. The first-order chi connectivity index (χ1) is 10.8. The Morgan fingerprint density at radius 3 is 2.74 bits per heavy atom. The third kappa shape index (κ3) is 4.90. The van der Waals surface area contributed by atoms with E-state index in [2.05, 4.69) is 5.32 Å². The Morgan fingerprint density at radius 2 is 2.04 bits per heavy atom. The van der Waals surface area contributed by atoms with Gasteiger partial charge in [0.05, 0.1) is 11.4 Å². The number of rotatable bonds is 5. The number of carbonyl (C=O) groups is 1. The maximum Gasteiger partial charge on any atom is 0.414 e. The minimum atomic E-state index is -4.69. The van der Waals surface area contributed by atoms with Crippen molar-refractivity contribution in [2.45, 2.75) is 25.1 Å². The highest BCUT2D eigenvalue weighted by Gasteiger charge is 2.37. The first-order valence-corrected chi connectivity index (χ1v) is 7.24. The summed E-state index contributed by atoms with van der Waals surface area (Å²) in [6.07, 6.45) is -7.81. The van der Waals surface area contributed by atoms with E-state index in [0.29, 0.717) is 35.3 Å². The summed E-state index contributed by atoms with van der Waals surface area (Å²) in [5, 5.41) is 11.5. The first kappa shape index (κ1) is 17.7. The van der Waals surface area contributed by atoms with Gasteiger partial charge in [0.1, 0.15) is 13.2 Å². The Morgan fingerprint density at radius 1 is 1.35 bits per heavy atom. The zero-order valence-corrected chi connectivity index (χ0v) is 12.7. The number of halogens is 4. The predicted octanol–water partition coefficient (Wildman–Crippen LogP) is 2.08. The highest BCUT2D eigenvalue weighted by molar-refractivity contribution is 6.32. The molecule has 0 saturated heterocycles. The van der Waals surface area contributed by atoms with Crippen LogP contribution < -0.4 is 14.8 Å². The van der Waals surface area contributed by atoms with Gasteiger partial charge in [0, 0.05) is 6.54 Å². The Labute approximate surface area is 135 Å². The van der Waals surface area contributed by atoms with E-state index in [4.69, 9.17) is 26.2 Å². The summed E-state index contributed by atoms with van der Waals surface area (Å²) in [4.78, 5) is 11.7. The van der Waals surface area contributed by atoms with Crippen LogP contribution >= 0.6 is 11.6 Å². The lowest BCUT2D eigenvalue weighted by atomic mass is 10.1. The van der Waals surface area contributed by atoms with E-state index in [-0.39, 0.29) is 13.0 Å². The second-order valence-corrected chi connectivity index (χ2v) is 5.38. The zero-order valence-electron chi connectivity index (χ0n) is 12.0. The van der Waals surface area contributed by atoms with Crippen molar-refractivity contribution in [3.63, 3.8) is 0 Å². The summed E-state index contributed by atoms with van der Waals surface area (Å²) in [6.45, 7) is 0.472. The lowest BCUT2D eigenvalue weighted by molar-refractivity contribution is -0.205. The van der Waals surface area contributed by atoms with Crippen LogP contribution in [0.3, 0.4) is 0 Å². The van der Waals surface area contributed by atoms with Crippen molar-refractivity contribution in [2.24, 2.45) is 0 Å². The first-order valence-electron chi connectivity index (χ1n) is 6.87. The lowest BCUT2D eigenvalue weighted by Gasteiger charge is -2.20. The number of alkyl halides is 3. The highest BCUT2D eigenvalue weighted by Crippen LogP contribution is 2.38. The van der Waals surface area contributed by atoms with Crippen molar-refractivity contribution in [1.82, 2.24) is 5.32 Å². The largest absolute Gasteiger partial charge is 0.486 e. The lowest BCUT2D eigenvalue weighted by Crippen LogP contribution is -2.34. The molecule has 0 radical (unpaired) electrons. The van der Waals surface area contributed by atoms with E-state index in [1.807, 2.05) is 0 Å². The molecule has 0 aromatic heterocycles. The third-order valence-electron chi connectivity index (χ3n) is 3.14. The van der Waals surface area contributed by atoms with Crippen LogP contribution in [0.15, 0.2) is 12.1 Å². The topological polar surface area (TPSA) is 67.8 Å². The minimum Gasteiger partial charge on any atom is -0.486 e. The number of amides is 1. The standard InChI is InChI=1S/C14H15ClF3NO4/c15-9-5-8(6-10-13(9)23-4-3-22-10)7-12(21)19-2-1-11(20)14(16,17)18/h5-6,11,20H,1-4,7H2,(H,19,21)/t11-/m0/s1. The van der Waals surface area contributed by atoms with Crippen LogP contribution in [-0.2, 0) is 11.2 Å². The van der Waals surface area contributed by atoms with Gasteiger partial charge in [-0.2, -0.15) is 13.2 Å². The van der Waals surface area contributed by atoms with Crippen molar-refractivity contribution in [1.29, 1.82) is 0 Å². The molecule has 0 saturated carbocycles. The van der Waals surface area contributed by atoms with Crippen LogP contribution in [0.25, 0.3) is 0 Å². The second-order valence-electron chi connectivity index (χ2n) is 4.97. The summed E-state index contributed by atoms with van der Waals surface area (Å²) in [5.41, 5.74) is 0.549. The molecule has 1 heterocycles. The zero-order chi connectivity index (χ0) is 17.0. The third-order valence-corrected chi connectivity index (χ3v) is 3.42. The molecule has 0 aliphatic carbocycles. The molecule has 0 spiro atoms. The van der Waals surface area contributed by atoms with E-state index in [1.54, 1.807) is 12.1 Å². The van der Waals surface area contributed by atoms with Gasteiger partial charge < -0.3 is 19.9 Å². The summed E-state index contributed by atoms with van der Waals surface area (Å²) in [6, 6.07) is 3.14. The fraction of sp³-hybridized carbons (Fsp3) is 0.500. The number of nitrogens with one attached hydrogen (secondary N) is 1. The highest BCUT2D eigenvalue weighted by atomic mass is 35.5. The van der Waals surface area contributed by atoms with Gasteiger partial charge in [0.15, 0.2) is 17.6 Å². The van der Waals surface area contributed by atoms with Crippen molar-refractivity contribution < 1.29 is 32.5 Å². The van der Waals surface area contributed by atoms with Crippen molar-refractivity contribution in [3.05, 3.63) is 22.7 Å². The normalized spacial score (nSPS) is 15.2. The SMILES string of the molecule is O=C(Cc1cc(Cl)c2c(c1)OCCO2)NCC[C@H](O)C(F)(F)F. The Hall–Kier alpha value is -1.67. The molecule has 9 heteroatoms. The monoisotopic (exact) mass is 353 g/mol. The Balaban J connectivity index is 1.87. The molecule has 1 aromatic rings. The Kier molecular flexibility index (Phi) is 5.59. The maximum absolute atomic E-state index is 12.1. The number of aliphatic hydroxyl groups is 1. The number of hydrogen-bond donors (Lipinski definition) is 2. The fourth-order valence-electron chi connectivity index (χ4n) is 2.03. The van der Waals surface area contributed by atoms with Crippen LogP contribution in [0.1, 0.15) is 12.0 Å². The quantitative estimate of drug-likeness (QED) is 0.850. The molecule has 2 rings (SSSR count). The number of aliphatic hydroxyl groups excluding tert-OH is 1. The van der Waals surface area contributed by atoms with E-state index in [9.17, 15) is 18.0 Å². The maximum atomic E-state index is 12.1. The van der Waals surface area contributed by atoms with Gasteiger partial charge in [0.25, 0.3) is 0 Å². The van der Waals surface area contributed by atoms with Crippen molar-refractivity contribution in [2.75, 3.05) is 19.8 Å².